The highest BCUT2D eigenvalue weighted by Gasteiger charge is 2.18. The van der Waals surface area contributed by atoms with Gasteiger partial charge < -0.3 is 5.11 Å². The highest BCUT2D eigenvalue weighted by molar-refractivity contribution is 5.81. The van der Waals surface area contributed by atoms with Crippen molar-refractivity contribution >= 4 is 10.9 Å². The lowest BCUT2D eigenvalue weighted by Gasteiger charge is -2.25. The third-order valence-electron chi connectivity index (χ3n) is 2.37. The van der Waals surface area contributed by atoms with Gasteiger partial charge in [0.25, 0.3) is 0 Å². The molecule has 0 saturated heterocycles. The normalized spacial score (nSPS) is 14.2. The van der Waals surface area contributed by atoms with Crippen molar-refractivity contribution in [3.63, 3.8) is 0 Å². The van der Waals surface area contributed by atoms with E-state index in [2.05, 4.69) is 15.5 Å². The lowest BCUT2D eigenvalue weighted by atomic mass is 10.1. The summed E-state index contributed by atoms with van der Waals surface area (Å²) in [5.41, 5.74) is 1.57. The fourth-order valence-corrected chi connectivity index (χ4v) is 1.71. The summed E-state index contributed by atoms with van der Waals surface area (Å²) < 4.78 is 0. The molecule has 0 aliphatic rings. The van der Waals surface area contributed by atoms with Crippen LogP contribution < -0.4 is 5.32 Å². The summed E-state index contributed by atoms with van der Waals surface area (Å²) in [7, 11) is 0. The molecule has 3 N–H and O–H groups in total. The van der Waals surface area contributed by atoms with Crippen LogP contribution in [-0.2, 0) is 0 Å². The van der Waals surface area contributed by atoms with E-state index in [4.69, 9.17) is 0 Å². The predicted molar refractivity (Wildman–Crippen MR) is 63.9 cm³/mol. The van der Waals surface area contributed by atoms with Crippen molar-refractivity contribution in [1.82, 2.24) is 15.5 Å². The largest absolute Gasteiger partial charge is 0.374 e. The molecule has 1 unspecified atom stereocenters. The molecule has 2 rings (SSSR count). The van der Waals surface area contributed by atoms with Gasteiger partial charge >= 0.3 is 0 Å². The van der Waals surface area contributed by atoms with Crippen molar-refractivity contribution in [2.45, 2.75) is 32.5 Å². The van der Waals surface area contributed by atoms with Crippen molar-refractivity contribution in [2.75, 3.05) is 0 Å². The zero-order chi connectivity index (χ0) is 11.8. The van der Waals surface area contributed by atoms with Crippen LogP contribution >= 0.6 is 0 Å². The third kappa shape index (κ3) is 2.23. The van der Waals surface area contributed by atoms with Crippen LogP contribution in [0.3, 0.4) is 0 Å². The van der Waals surface area contributed by atoms with Gasteiger partial charge in [-0.25, -0.2) is 0 Å². The van der Waals surface area contributed by atoms with Gasteiger partial charge in [0, 0.05) is 16.5 Å². The summed E-state index contributed by atoms with van der Waals surface area (Å²) in [6, 6.07) is 5.77. The molecule has 1 aromatic carbocycles. The lowest BCUT2D eigenvalue weighted by molar-refractivity contribution is 0.108. The molecule has 0 aliphatic heterocycles. The first kappa shape index (κ1) is 11.1. The van der Waals surface area contributed by atoms with Gasteiger partial charge in [-0.3, -0.25) is 10.4 Å². The molecule has 16 heavy (non-hydrogen) atoms. The number of hydrogen-bond acceptors (Lipinski definition) is 3. The minimum atomic E-state index is -0.691. The average molecular weight is 219 g/mol. The average Bonchev–Trinajstić information content (AvgIpc) is 2.61. The van der Waals surface area contributed by atoms with E-state index in [1.165, 1.54) is 0 Å². The zero-order valence-corrected chi connectivity index (χ0v) is 9.78. The molecule has 1 aromatic heterocycles. The monoisotopic (exact) mass is 219 g/mol. The van der Waals surface area contributed by atoms with Gasteiger partial charge in [0.1, 0.15) is 6.23 Å². The second kappa shape index (κ2) is 3.88. The van der Waals surface area contributed by atoms with Gasteiger partial charge in [-0.1, -0.05) is 18.2 Å². The molecule has 0 aliphatic carbocycles. The highest BCUT2D eigenvalue weighted by atomic mass is 16.3. The molecule has 0 spiro atoms. The molecule has 0 radical (unpaired) electrons. The van der Waals surface area contributed by atoms with E-state index >= 15 is 0 Å². The second-order valence-electron chi connectivity index (χ2n) is 4.98. The summed E-state index contributed by atoms with van der Waals surface area (Å²) >= 11 is 0. The highest BCUT2D eigenvalue weighted by Crippen LogP contribution is 2.22. The van der Waals surface area contributed by atoms with Crippen LogP contribution in [0, 0.1) is 0 Å². The number of benzene rings is 1. The van der Waals surface area contributed by atoms with Crippen molar-refractivity contribution in [1.29, 1.82) is 0 Å². The van der Waals surface area contributed by atoms with Gasteiger partial charge in [0.2, 0.25) is 0 Å². The van der Waals surface area contributed by atoms with E-state index in [9.17, 15) is 5.11 Å². The minimum Gasteiger partial charge on any atom is -0.374 e. The summed E-state index contributed by atoms with van der Waals surface area (Å²) in [6.07, 6.45) is 1.06. The van der Waals surface area contributed by atoms with Crippen LogP contribution in [0.5, 0.6) is 0 Å². The smallest absolute Gasteiger partial charge is 0.133 e. The number of H-pyrrole nitrogens is 1. The number of aliphatic hydroxyl groups is 1. The van der Waals surface area contributed by atoms with Gasteiger partial charge in [-0.2, -0.15) is 5.10 Å². The van der Waals surface area contributed by atoms with Crippen LogP contribution in [0.15, 0.2) is 24.4 Å². The Morgan fingerprint density at radius 3 is 2.81 bits per heavy atom. The van der Waals surface area contributed by atoms with Crippen LogP contribution in [0.2, 0.25) is 0 Å². The van der Waals surface area contributed by atoms with Crippen molar-refractivity contribution in [3.8, 4) is 0 Å². The number of aromatic amines is 1. The summed E-state index contributed by atoms with van der Waals surface area (Å²) in [4.78, 5) is 0. The quantitative estimate of drug-likeness (QED) is 0.676. The first-order chi connectivity index (χ1) is 7.47. The molecular weight excluding hydrogens is 202 g/mol. The molecule has 0 fully saturated rings. The Morgan fingerprint density at radius 1 is 1.38 bits per heavy atom. The predicted octanol–water partition coefficient (Wildman–Crippen LogP) is 1.94. The Kier molecular flexibility index (Phi) is 2.69. The molecule has 0 amide bonds. The fourth-order valence-electron chi connectivity index (χ4n) is 1.71. The minimum absolute atomic E-state index is 0.137. The van der Waals surface area contributed by atoms with E-state index in [1.807, 2.05) is 39.0 Å². The van der Waals surface area contributed by atoms with Crippen molar-refractivity contribution in [2.24, 2.45) is 0 Å². The molecule has 4 nitrogen and oxygen atoms in total. The lowest BCUT2D eigenvalue weighted by Crippen LogP contribution is -2.38. The number of rotatable bonds is 2. The van der Waals surface area contributed by atoms with E-state index in [0.29, 0.717) is 0 Å². The number of aliphatic hydroxyl groups excluding tert-OH is 1. The fraction of sp³-hybridized carbons (Fsp3) is 0.417. The van der Waals surface area contributed by atoms with Crippen LogP contribution in [0.4, 0.5) is 0 Å². The van der Waals surface area contributed by atoms with E-state index < -0.39 is 6.23 Å². The maximum Gasteiger partial charge on any atom is 0.133 e. The van der Waals surface area contributed by atoms with Crippen LogP contribution in [0.1, 0.15) is 32.6 Å². The summed E-state index contributed by atoms with van der Waals surface area (Å²) in [5, 5.41) is 21.1. The molecule has 2 aromatic rings. The van der Waals surface area contributed by atoms with Gasteiger partial charge in [-0.15, -0.1) is 0 Å². The van der Waals surface area contributed by atoms with E-state index in [-0.39, 0.29) is 5.54 Å². The number of aromatic nitrogens is 2. The Balaban J connectivity index is 2.36. The SMILES string of the molecule is CC(C)(C)NC(O)c1cccc2cn[nH]c12. The van der Waals surface area contributed by atoms with Crippen LogP contribution in [0.25, 0.3) is 10.9 Å². The Hall–Kier alpha value is -1.39. The first-order valence-corrected chi connectivity index (χ1v) is 5.35. The molecular formula is C12H17N3O. The Labute approximate surface area is 94.7 Å². The molecule has 0 bridgehead atoms. The van der Waals surface area contributed by atoms with E-state index in [1.54, 1.807) is 6.20 Å². The Bertz CT molecular complexity index is 484. The topological polar surface area (TPSA) is 60.9 Å². The number of para-hydroxylation sites is 1. The summed E-state index contributed by atoms with van der Waals surface area (Å²) in [6.45, 7) is 6.05. The maximum atomic E-state index is 10.1. The number of hydrogen-bond donors (Lipinski definition) is 3. The maximum absolute atomic E-state index is 10.1. The molecule has 1 atom stereocenters. The van der Waals surface area contributed by atoms with Gasteiger partial charge in [-0.05, 0) is 20.8 Å². The van der Waals surface area contributed by atoms with Gasteiger partial charge in [0.15, 0.2) is 0 Å². The molecule has 86 valence electrons. The number of nitrogens with one attached hydrogen (secondary N) is 2. The van der Waals surface area contributed by atoms with Crippen LogP contribution in [-0.4, -0.2) is 20.8 Å². The molecule has 4 heteroatoms. The zero-order valence-electron chi connectivity index (χ0n) is 9.78. The van der Waals surface area contributed by atoms with Gasteiger partial charge in [0.05, 0.1) is 11.7 Å². The first-order valence-electron chi connectivity index (χ1n) is 5.35. The number of nitrogens with zero attached hydrogens (tertiary/aromatic N) is 1. The molecule has 0 saturated carbocycles. The van der Waals surface area contributed by atoms with E-state index in [0.717, 1.165) is 16.5 Å². The summed E-state index contributed by atoms with van der Waals surface area (Å²) in [5.74, 6) is 0. The Morgan fingerprint density at radius 2 is 2.12 bits per heavy atom. The standard InChI is InChI=1S/C12H17N3O/c1-12(2,3)14-11(16)9-6-4-5-8-7-13-15-10(8)9/h4-7,11,14,16H,1-3H3,(H,13,15). The molecule has 1 heterocycles. The number of fused-ring (bicyclic) bond motifs is 1. The third-order valence-corrected chi connectivity index (χ3v) is 2.37. The second-order valence-corrected chi connectivity index (χ2v) is 4.98. The van der Waals surface area contributed by atoms with Crippen molar-refractivity contribution in [3.05, 3.63) is 30.0 Å². The van der Waals surface area contributed by atoms with Crippen molar-refractivity contribution < 1.29 is 5.11 Å².